The van der Waals surface area contributed by atoms with E-state index < -0.39 is 12.0 Å². The molecule has 2 aromatic carbocycles. The molecule has 32 heavy (non-hydrogen) atoms. The van der Waals surface area contributed by atoms with Crippen molar-refractivity contribution in [1.82, 2.24) is 9.88 Å². The zero-order valence-corrected chi connectivity index (χ0v) is 18.4. The summed E-state index contributed by atoms with van der Waals surface area (Å²) < 4.78 is 17.1. The number of carboxylic acid groups (broad SMARTS) is 1. The average Bonchev–Trinajstić information content (AvgIpc) is 3.22. The Morgan fingerprint density at radius 2 is 1.88 bits per heavy atom. The van der Waals surface area contributed by atoms with Crippen LogP contribution in [0, 0.1) is 13.8 Å². The molecular formula is C25H28N2O5. The minimum absolute atomic E-state index is 0.217. The van der Waals surface area contributed by atoms with Gasteiger partial charge < -0.3 is 19.0 Å². The molecule has 0 bridgehead atoms. The van der Waals surface area contributed by atoms with Gasteiger partial charge in [-0.3, -0.25) is 9.69 Å². The molecule has 2 heterocycles. The number of hydrogen-bond acceptors (Lipinski definition) is 6. The molecule has 1 unspecified atom stereocenters. The summed E-state index contributed by atoms with van der Waals surface area (Å²) in [5.74, 6) is 0.613. The fraction of sp³-hybridized carbons (Fsp3) is 0.360. The van der Waals surface area contributed by atoms with Gasteiger partial charge in [-0.25, -0.2) is 4.98 Å². The molecule has 4 rings (SSSR count). The maximum Gasteiger partial charge on any atom is 0.323 e. The van der Waals surface area contributed by atoms with Crippen molar-refractivity contribution >= 4 is 5.97 Å². The van der Waals surface area contributed by atoms with Crippen LogP contribution in [0.2, 0.25) is 0 Å². The first kappa shape index (κ1) is 22.0. The SMILES string of the molecule is Cc1ccc(CC(Oc2ccc(CN3CCOC[C@H]3C(=O)O)cc2)c2ncoc2C)cc1. The summed E-state index contributed by atoms with van der Waals surface area (Å²) in [4.78, 5) is 17.8. The fourth-order valence-corrected chi connectivity index (χ4v) is 3.88. The van der Waals surface area contributed by atoms with E-state index in [1.165, 1.54) is 12.0 Å². The molecule has 1 aromatic heterocycles. The van der Waals surface area contributed by atoms with E-state index >= 15 is 0 Å². The number of ether oxygens (including phenoxy) is 2. The van der Waals surface area contributed by atoms with Gasteiger partial charge in [0.25, 0.3) is 0 Å². The second-order valence-electron chi connectivity index (χ2n) is 8.13. The highest BCUT2D eigenvalue weighted by atomic mass is 16.5. The second-order valence-corrected chi connectivity index (χ2v) is 8.13. The summed E-state index contributed by atoms with van der Waals surface area (Å²) in [6.45, 7) is 5.86. The minimum Gasteiger partial charge on any atom is -0.484 e. The lowest BCUT2D eigenvalue weighted by Gasteiger charge is -2.32. The zero-order chi connectivity index (χ0) is 22.5. The van der Waals surface area contributed by atoms with E-state index in [2.05, 4.69) is 36.2 Å². The number of oxazole rings is 1. The molecule has 1 saturated heterocycles. The summed E-state index contributed by atoms with van der Waals surface area (Å²) in [6.07, 6.45) is 1.84. The Morgan fingerprint density at radius 1 is 1.16 bits per heavy atom. The third kappa shape index (κ3) is 5.36. The Kier molecular flexibility index (Phi) is 6.87. The molecular weight excluding hydrogens is 408 g/mol. The molecule has 0 aliphatic carbocycles. The van der Waals surface area contributed by atoms with Crippen molar-refractivity contribution in [2.45, 2.75) is 39.0 Å². The van der Waals surface area contributed by atoms with E-state index in [1.54, 1.807) is 0 Å². The summed E-state index contributed by atoms with van der Waals surface area (Å²) >= 11 is 0. The standard InChI is InChI=1S/C25H28N2O5/c1-17-3-5-19(6-4-17)13-23(24-18(2)31-16-26-24)32-21-9-7-20(8-10-21)14-27-11-12-30-15-22(27)25(28)29/h3-10,16,22-23H,11-15H2,1-2H3,(H,28,29)/t22-,23?/m0/s1. The average molecular weight is 437 g/mol. The van der Waals surface area contributed by atoms with Gasteiger partial charge in [-0.1, -0.05) is 42.0 Å². The van der Waals surface area contributed by atoms with Gasteiger partial charge in [0.15, 0.2) is 6.39 Å². The Morgan fingerprint density at radius 3 is 2.53 bits per heavy atom. The summed E-state index contributed by atoms with van der Waals surface area (Å²) in [7, 11) is 0. The van der Waals surface area contributed by atoms with Gasteiger partial charge in [0, 0.05) is 19.5 Å². The minimum atomic E-state index is -0.855. The monoisotopic (exact) mass is 436 g/mol. The fourth-order valence-electron chi connectivity index (χ4n) is 3.88. The topological polar surface area (TPSA) is 85.0 Å². The predicted molar refractivity (Wildman–Crippen MR) is 119 cm³/mol. The van der Waals surface area contributed by atoms with E-state index in [4.69, 9.17) is 13.9 Å². The number of rotatable bonds is 8. The lowest BCUT2D eigenvalue weighted by Crippen LogP contribution is -2.49. The van der Waals surface area contributed by atoms with Crippen LogP contribution < -0.4 is 4.74 Å². The van der Waals surface area contributed by atoms with Gasteiger partial charge in [0.05, 0.1) is 13.2 Å². The van der Waals surface area contributed by atoms with Crippen molar-refractivity contribution in [1.29, 1.82) is 0 Å². The van der Waals surface area contributed by atoms with Crippen LogP contribution in [-0.2, 0) is 22.5 Å². The van der Waals surface area contributed by atoms with Gasteiger partial charge in [0.1, 0.15) is 29.3 Å². The highest BCUT2D eigenvalue weighted by molar-refractivity contribution is 5.73. The van der Waals surface area contributed by atoms with Crippen LogP contribution in [-0.4, -0.2) is 46.8 Å². The second kappa shape index (κ2) is 9.97. The molecule has 2 atom stereocenters. The lowest BCUT2D eigenvalue weighted by molar-refractivity contribution is -0.150. The van der Waals surface area contributed by atoms with E-state index in [0.29, 0.717) is 26.1 Å². The number of aryl methyl sites for hydroxylation is 2. The van der Waals surface area contributed by atoms with Crippen molar-refractivity contribution in [3.63, 3.8) is 0 Å². The van der Waals surface area contributed by atoms with Crippen molar-refractivity contribution in [2.24, 2.45) is 0 Å². The molecule has 1 aliphatic heterocycles. The summed E-state index contributed by atoms with van der Waals surface area (Å²) in [6, 6.07) is 15.6. The molecule has 0 amide bonds. The molecule has 0 spiro atoms. The molecule has 168 valence electrons. The third-order valence-corrected chi connectivity index (χ3v) is 5.74. The largest absolute Gasteiger partial charge is 0.484 e. The quantitative estimate of drug-likeness (QED) is 0.572. The predicted octanol–water partition coefficient (Wildman–Crippen LogP) is 3.94. The summed E-state index contributed by atoms with van der Waals surface area (Å²) in [5, 5.41) is 9.42. The molecule has 7 heteroatoms. The number of aromatic nitrogens is 1. The first-order valence-electron chi connectivity index (χ1n) is 10.8. The van der Waals surface area contributed by atoms with Crippen LogP contribution in [0.25, 0.3) is 0 Å². The van der Waals surface area contributed by atoms with Crippen molar-refractivity contribution in [3.8, 4) is 5.75 Å². The normalized spacial score (nSPS) is 17.8. The number of morpholine rings is 1. The van der Waals surface area contributed by atoms with Gasteiger partial charge in [-0.2, -0.15) is 0 Å². The smallest absolute Gasteiger partial charge is 0.323 e. The first-order valence-corrected chi connectivity index (χ1v) is 10.8. The van der Waals surface area contributed by atoms with Crippen LogP contribution in [0.15, 0.2) is 59.3 Å². The number of carboxylic acids is 1. The Balaban J connectivity index is 1.47. The highest BCUT2D eigenvalue weighted by Crippen LogP contribution is 2.27. The molecule has 0 radical (unpaired) electrons. The zero-order valence-electron chi connectivity index (χ0n) is 18.4. The highest BCUT2D eigenvalue weighted by Gasteiger charge is 2.29. The maximum absolute atomic E-state index is 11.5. The Labute approximate surface area is 187 Å². The van der Waals surface area contributed by atoms with Gasteiger partial charge in [-0.15, -0.1) is 0 Å². The lowest BCUT2D eigenvalue weighted by atomic mass is 10.0. The Hall–Kier alpha value is -3.16. The number of carbonyl (C=O) groups is 1. The van der Waals surface area contributed by atoms with Gasteiger partial charge in [0.2, 0.25) is 0 Å². The van der Waals surface area contributed by atoms with E-state index in [9.17, 15) is 9.90 Å². The Bertz CT molecular complexity index is 1030. The molecule has 3 aromatic rings. The van der Waals surface area contributed by atoms with E-state index in [1.807, 2.05) is 36.1 Å². The molecule has 1 aliphatic rings. The molecule has 0 saturated carbocycles. The number of benzene rings is 2. The maximum atomic E-state index is 11.5. The van der Waals surface area contributed by atoms with E-state index in [0.717, 1.165) is 28.3 Å². The van der Waals surface area contributed by atoms with Gasteiger partial charge >= 0.3 is 5.97 Å². The molecule has 1 N–H and O–H groups in total. The van der Waals surface area contributed by atoms with Crippen molar-refractivity contribution < 1.29 is 23.8 Å². The molecule has 1 fully saturated rings. The van der Waals surface area contributed by atoms with Crippen LogP contribution in [0.4, 0.5) is 0 Å². The van der Waals surface area contributed by atoms with E-state index in [-0.39, 0.29) is 12.7 Å². The van der Waals surface area contributed by atoms with Crippen molar-refractivity contribution in [2.75, 3.05) is 19.8 Å². The number of nitrogens with zero attached hydrogens (tertiary/aromatic N) is 2. The van der Waals surface area contributed by atoms with Crippen molar-refractivity contribution in [3.05, 3.63) is 83.1 Å². The van der Waals surface area contributed by atoms with Crippen LogP contribution in [0.3, 0.4) is 0 Å². The summed E-state index contributed by atoms with van der Waals surface area (Å²) in [5.41, 5.74) is 4.18. The molecule has 7 nitrogen and oxygen atoms in total. The van der Waals surface area contributed by atoms with Crippen LogP contribution >= 0.6 is 0 Å². The number of aliphatic carboxylic acids is 1. The third-order valence-electron chi connectivity index (χ3n) is 5.74. The van der Waals surface area contributed by atoms with Gasteiger partial charge in [-0.05, 0) is 37.1 Å². The van der Waals surface area contributed by atoms with Crippen LogP contribution in [0.5, 0.6) is 5.75 Å². The number of hydrogen-bond donors (Lipinski definition) is 1. The van der Waals surface area contributed by atoms with Crippen LogP contribution in [0.1, 0.15) is 34.2 Å². The first-order chi connectivity index (χ1) is 15.5.